The topological polar surface area (TPSA) is 169 Å². The minimum absolute atomic E-state index is 0. The van der Waals surface area contributed by atoms with Gasteiger partial charge in [0, 0.05) is 17.1 Å². The minimum Gasteiger partial charge on any atom is -0.493 e. The number of anilines is 2. The second kappa shape index (κ2) is 12.0. The first kappa shape index (κ1) is 27.4. The molecule has 3 aromatic rings. The highest BCUT2D eigenvalue weighted by atomic mass is 35.5. The Morgan fingerprint density at radius 2 is 1.79 bits per heavy atom. The normalized spacial score (nSPS) is 14.6. The van der Waals surface area contributed by atoms with Crippen LogP contribution in [0.5, 0.6) is 11.5 Å². The molecule has 0 unspecified atom stereocenters. The molecule has 186 valence electrons. The first-order valence-electron chi connectivity index (χ1n) is 9.72. The molecule has 34 heavy (non-hydrogen) atoms. The Bertz CT molecular complexity index is 1110. The van der Waals surface area contributed by atoms with Gasteiger partial charge >= 0.3 is 0 Å². The zero-order valence-electron chi connectivity index (χ0n) is 17.8. The van der Waals surface area contributed by atoms with E-state index in [1.165, 1.54) is 43.8 Å². The number of ether oxygens (including phenoxy) is 2. The van der Waals surface area contributed by atoms with E-state index < -0.39 is 43.5 Å². The van der Waals surface area contributed by atoms with Crippen molar-refractivity contribution >= 4 is 34.0 Å². The molecule has 2 aromatic carbocycles. The van der Waals surface area contributed by atoms with E-state index >= 15 is 0 Å². The molecule has 0 fully saturated rings. The molecule has 0 saturated carbocycles. The molecule has 4 atom stereocenters. The molecule has 0 bridgehead atoms. The van der Waals surface area contributed by atoms with Crippen LogP contribution in [0, 0.1) is 5.82 Å². The number of aliphatic hydroxyl groups is 4. The predicted octanol–water partition coefficient (Wildman–Crippen LogP) is 1.14. The minimum atomic E-state index is -2.13. The number of halogens is 3. The van der Waals surface area contributed by atoms with Gasteiger partial charge in [-0.1, -0.05) is 11.6 Å². The molecule has 0 aliphatic carbocycles. The molecule has 0 aliphatic rings. The summed E-state index contributed by atoms with van der Waals surface area (Å²) in [5.74, 6) is -0.00675. The number of hydrogen-bond acceptors (Lipinski definition) is 9. The first-order chi connectivity index (χ1) is 15.8. The second-order valence-corrected chi connectivity index (χ2v) is 7.42. The largest absolute Gasteiger partial charge is 0.493 e. The molecule has 0 saturated heterocycles. The van der Waals surface area contributed by atoms with Gasteiger partial charge in [0.2, 0.25) is 0 Å². The van der Waals surface area contributed by atoms with Crippen molar-refractivity contribution in [3.05, 3.63) is 47.5 Å². The molecule has 1 heterocycles. The summed E-state index contributed by atoms with van der Waals surface area (Å²) in [6.45, 7) is -1.78. The fourth-order valence-corrected chi connectivity index (χ4v) is 3.23. The van der Waals surface area contributed by atoms with E-state index in [-0.39, 0.29) is 22.0 Å². The Morgan fingerprint density at radius 3 is 2.41 bits per heavy atom. The summed E-state index contributed by atoms with van der Waals surface area (Å²) in [7, 11) is 1.35. The molecule has 3 rings (SSSR count). The van der Waals surface area contributed by atoms with E-state index in [9.17, 15) is 24.1 Å². The van der Waals surface area contributed by atoms with Crippen LogP contribution in [0.4, 0.5) is 20.3 Å². The van der Waals surface area contributed by atoms with Crippen molar-refractivity contribution in [1.82, 2.24) is 9.97 Å². The SMILES string of the molecule is COc1cc2c(Nc3ccc(F)c(Cl)c3)ncnc2cc1O[C@H](CO)[C@H](O)[C@@H](O)[C@H](F)CO.O. The van der Waals surface area contributed by atoms with Crippen LogP contribution in [0.3, 0.4) is 0 Å². The van der Waals surface area contributed by atoms with E-state index in [2.05, 4.69) is 15.3 Å². The van der Waals surface area contributed by atoms with Crippen molar-refractivity contribution in [2.45, 2.75) is 24.5 Å². The molecule has 10 nitrogen and oxygen atoms in total. The zero-order valence-corrected chi connectivity index (χ0v) is 18.6. The highest BCUT2D eigenvalue weighted by Crippen LogP contribution is 2.36. The third-order valence-corrected chi connectivity index (χ3v) is 5.13. The summed E-state index contributed by atoms with van der Waals surface area (Å²) in [6.07, 6.45) is -6.12. The summed E-state index contributed by atoms with van der Waals surface area (Å²) in [4.78, 5) is 8.35. The highest BCUT2D eigenvalue weighted by molar-refractivity contribution is 6.31. The van der Waals surface area contributed by atoms with Crippen LogP contribution in [-0.2, 0) is 0 Å². The summed E-state index contributed by atoms with van der Waals surface area (Å²) in [6, 6.07) is 7.05. The molecule has 13 heteroatoms. The summed E-state index contributed by atoms with van der Waals surface area (Å²) in [5.41, 5.74) is 0.852. The number of methoxy groups -OCH3 is 1. The van der Waals surface area contributed by atoms with E-state index in [1.54, 1.807) is 0 Å². The average Bonchev–Trinajstić information content (AvgIpc) is 2.83. The van der Waals surface area contributed by atoms with Gasteiger partial charge in [-0.25, -0.2) is 18.7 Å². The van der Waals surface area contributed by atoms with Gasteiger partial charge in [0.05, 0.1) is 30.9 Å². The second-order valence-electron chi connectivity index (χ2n) is 7.02. The van der Waals surface area contributed by atoms with Crippen molar-refractivity contribution in [2.75, 3.05) is 25.6 Å². The Hall–Kier alpha value is -2.87. The van der Waals surface area contributed by atoms with Crippen LogP contribution in [0.25, 0.3) is 10.9 Å². The van der Waals surface area contributed by atoms with Crippen molar-refractivity contribution in [1.29, 1.82) is 0 Å². The van der Waals surface area contributed by atoms with Gasteiger partial charge < -0.3 is 40.7 Å². The lowest BCUT2D eigenvalue weighted by Gasteiger charge is -2.28. The van der Waals surface area contributed by atoms with E-state index in [0.717, 1.165) is 0 Å². The predicted molar refractivity (Wildman–Crippen MR) is 120 cm³/mol. The van der Waals surface area contributed by atoms with Crippen molar-refractivity contribution < 1.29 is 44.2 Å². The monoisotopic (exact) mass is 503 g/mol. The Kier molecular flexibility index (Phi) is 9.67. The Balaban J connectivity index is 0.00000408. The number of hydrogen-bond donors (Lipinski definition) is 5. The van der Waals surface area contributed by atoms with Crippen molar-refractivity contribution in [3.63, 3.8) is 0 Å². The van der Waals surface area contributed by atoms with Gasteiger partial charge in [-0.2, -0.15) is 0 Å². The maximum Gasteiger partial charge on any atom is 0.164 e. The van der Waals surface area contributed by atoms with Crippen LogP contribution in [0.1, 0.15) is 0 Å². The maximum atomic E-state index is 13.6. The van der Waals surface area contributed by atoms with Gasteiger partial charge in [0.25, 0.3) is 0 Å². The number of nitrogens with zero attached hydrogens (tertiary/aromatic N) is 2. The Morgan fingerprint density at radius 1 is 1.06 bits per heavy atom. The number of aromatic nitrogens is 2. The van der Waals surface area contributed by atoms with E-state index in [0.29, 0.717) is 22.4 Å². The average molecular weight is 504 g/mol. The zero-order chi connectivity index (χ0) is 24.1. The number of alkyl halides is 1. The molecule has 0 aliphatic heterocycles. The lowest BCUT2D eigenvalue weighted by molar-refractivity contribution is -0.0981. The number of benzene rings is 2. The number of fused-ring (bicyclic) bond motifs is 1. The molecule has 0 amide bonds. The molecule has 0 radical (unpaired) electrons. The van der Waals surface area contributed by atoms with Gasteiger partial charge in [-0.15, -0.1) is 0 Å². The number of rotatable bonds is 10. The fourth-order valence-electron chi connectivity index (χ4n) is 3.05. The highest BCUT2D eigenvalue weighted by Gasteiger charge is 2.34. The van der Waals surface area contributed by atoms with Crippen molar-refractivity contribution in [3.8, 4) is 11.5 Å². The molecule has 1 aromatic heterocycles. The molecule has 7 N–H and O–H groups in total. The van der Waals surface area contributed by atoms with Gasteiger partial charge in [-0.3, -0.25) is 0 Å². The third-order valence-electron chi connectivity index (χ3n) is 4.84. The van der Waals surface area contributed by atoms with Gasteiger partial charge in [0.1, 0.15) is 30.2 Å². The summed E-state index contributed by atoms with van der Waals surface area (Å²) in [5, 5.41) is 41.8. The van der Waals surface area contributed by atoms with Crippen LogP contribution in [0.15, 0.2) is 36.7 Å². The number of nitrogens with one attached hydrogen (secondary N) is 1. The van der Waals surface area contributed by atoms with Gasteiger partial charge in [-0.05, 0) is 24.3 Å². The Labute approximate surface area is 197 Å². The maximum absolute atomic E-state index is 13.6. The number of aliphatic hydroxyl groups excluding tert-OH is 4. The molecule has 0 spiro atoms. The lowest BCUT2D eigenvalue weighted by atomic mass is 10.0. The first-order valence-corrected chi connectivity index (χ1v) is 10.1. The molecular formula is C21H24ClF2N3O7. The fraction of sp³-hybridized carbons (Fsp3) is 0.333. The summed E-state index contributed by atoms with van der Waals surface area (Å²) >= 11 is 5.83. The van der Waals surface area contributed by atoms with Crippen LogP contribution >= 0.6 is 11.6 Å². The van der Waals surface area contributed by atoms with Gasteiger partial charge in [0.15, 0.2) is 23.8 Å². The van der Waals surface area contributed by atoms with E-state index in [4.69, 9.17) is 26.2 Å². The standard InChI is InChI=1S/C21H22ClF2N3O6.H2O/c1-32-16-5-11-15(6-17(16)33-18(8-29)20(31)19(30)14(24)7-28)25-9-26-21(11)27-10-2-3-13(23)12(22)4-10;/h2-6,9,14,18-20,28-31H,7-8H2,1H3,(H,25,26,27);1H2/t14-,18-,19+,20+;/m1./s1. The quantitative estimate of drug-likeness (QED) is 0.272. The third kappa shape index (κ3) is 5.97. The molecular weight excluding hydrogens is 480 g/mol. The van der Waals surface area contributed by atoms with Crippen LogP contribution in [0.2, 0.25) is 5.02 Å². The van der Waals surface area contributed by atoms with Crippen molar-refractivity contribution in [2.24, 2.45) is 0 Å². The lowest BCUT2D eigenvalue weighted by Crippen LogP contribution is -2.48. The van der Waals surface area contributed by atoms with Crippen LogP contribution < -0.4 is 14.8 Å². The summed E-state index contributed by atoms with van der Waals surface area (Å²) < 4.78 is 37.9. The smallest absolute Gasteiger partial charge is 0.164 e. The van der Waals surface area contributed by atoms with Crippen LogP contribution in [-0.4, -0.2) is 80.7 Å². The van der Waals surface area contributed by atoms with E-state index in [1.807, 2.05) is 0 Å².